The van der Waals surface area contributed by atoms with Gasteiger partial charge in [0.15, 0.2) is 11.5 Å². The summed E-state index contributed by atoms with van der Waals surface area (Å²) < 4.78 is 91.9. The average Bonchev–Trinajstić information content (AvgIpc) is 3.08. The van der Waals surface area contributed by atoms with Crippen molar-refractivity contribution >= 4 is 5.65 Å². The van der Waals surface area contributed by atoms with Gasteiger partial charge in [0.2, 0.25) is 11.4 Å². The zero-order valence-electron chi connectivity index (χ0n) is 15.4. The molecule has 0 atom stereocenters. The maximum absolute atomic E-state index is 14.5. The Morgan fingerprint density at radius 3 is 2.37 bits per heavy atom. The molecule has 0 unspecified atom stereocenters. The molecule has 160 valence electrons. The fourth-order valence-corrected chi connectivity index (χ4v) is 3.14. The van der Waals surface area contributed by atoms with Crippen LogP contribution in [0.2, 0.25) is 0 Å². The molecule has 1 aliphatic carbocycles. The van der Waals surface area contributed by atoms with E-state index in [1.807, 2.05) is 0 Å². The minimum Gasteiger partial charge on any atom is -0.459 e. The molecule has 6 nitrogen and oxygen atoms in total. The van der Waals surface area contributed by atoms with E-state index in [-0.39, 0.29) is 29.6 Å². The van der Waals surface area contributed by atoms with E-state index in [0.717, 1.165) is 23.8 Å². The van der Waals surface area contributed by atoms with Crippen molar-refractivity contribution in [3.63, 3.8) is 0 Å². The molecule has 0 aliphatic heterocycles. The van der Waals surface area contributed by atoms with Gasteiger partial charge in [0.1, 0.15) is 0 Å². The van der Waals surface area contributed by atoms with Crippen molar-refractivity contribution < 1.29 is 35.8 Å². The van der Waals surface area contributed by atoms with Crippen LogP contribution in [0.15, 0.2) is 30.6 Å². The molecule has 0 saturated heterocycles. The Morgan fingerprint density at radius 1 is 1.07 bits per heavy atom. The van der Waals surface area contributed by atoms with Gasteiger partial charge in [-0.15, -0.1) is 10.2 Å². The third-order valence-electron chi connectivity index (χ3n) is 5.03. The molecule has 3 aromatic rings. The van der Waals surface area contributed by atoms with Gasteiger partial charge in [-0.2, -0.15) is 22.0 Å². The molecule has 12 heteroatoms. The average molecular weight is 432 g/mol. The van der Waals surface area contributed by atoms with E-state index in [0.29, 0.717) is 6.42 Å². The highest BCUT2D eigenvalue weighted by molar-refractivity contribution is 5.64. The molecule has 0 radical (unpaired) electrons. The lowest BCUT2D eigenvalue weighted by atomic mass is 9.79. The van der Waals surface area contributed by atoms with Crippen LogP contribution < -0.4 is 4.74 Å². The maximum Gasteiger partial charge on any atom is 0.428 e. The molecule has 0 N–H and O–H groups in total. The second kappa shape index (κ2) is 6.83. The minimum atomic E-state index is -4.65. The Kier molecular flexibility index (Phi) is 4.64. The molecule has 1 aliphatic rings. The highest BCUT2D eigenvalue weighted by atomic mass is 19.4. The standard InChI is InChI=1S/C18H14F6N4O2/c1-29-17(20,21)15-27-26-13-4-3-10(9-28(13)15)11-7-12(19)14(25-8-11)30-16(5-2-6-16)18(22,23)24/h3-4,7-9H,2,5-6H2,1H3. The third kappa shape index (κ3) is 3.24. The molecule has 3 aromatic heterocycles. The number of fused-ring (bicyclic) bond motifs is 1. The van der Waals surface area contributed by atoms with E-state index < -0.39 is 35.4 Å². The van der Waals surface area contributed by atoms with E-state index in [2.05, 4.69) is 19.9 Å². The van der Waals surface area contributed by atoms with Crippen molar-refractivity contribution in [1.82, 2.24) is 19.6 Å². The maximum atomic E-state index is 14.5. The Hall–Kier alpha value is -2.89. The highest BCUT2D eigenvalue weighted by Crippen LogP contribution is 2.48. The van der Waals surface area contributed by atoms with Crippen LogP contribution >= 0.6 is 0 Å². The van der Waals surface area contributed by atoms with Gasteiger partial charge in [0.25, 0.3) is 5.88 Å². The van der Waals surface area contributed by atoms with Gasteiger partial charge in [0, 0.05) is 30.6 Å². The van der Waals surface area contributed by atoms with Gasteiger partial charge in [-0.3, -0.25) is 4.40 Å². The van der Waals surface area contributed by atoms with Gasteiger partial charge in [-0.05, 0) is 37.5 Å². The molecular weight excluding hydrogens is 418 g/mol. The minimum absolute atomic E-state index is 0.0935. The summed E-state index contributed by atoms with van der Waals surface area (Å²) in [5.41, 5.74) is -1.96. The molecule has 1 fully saturated rings. The normalized spacial score (nSPS) is 16.5. The van der Waals surface area contributed by atoms with Gasteiger partial charge in [-0.1, -0.05) is 0 Å². The number of hydrogen-bond acceptors (Lipinski definition) is 5. The topological polar surface area (TPSA) is 61.5 Å². The first-order valence-electron chi connectivity index (χ1n) is 8.76. The van der Waals surface area contributed by atoms with Crippen LogP contribution in [0.25, 0.3) is 16.8 Å². The van der Waals surface area contributed by atoms with Crippen molar-refractivity contribution in [3.05, 3.63) is 42.2 Å². The van der Waals surface area contributed by atoms with Crippen LogP contribution in [-0.2, 0) is 10.8 Å². The number of rotatable bonds is 5. The predicted octanol–water partition coefficient (Wildman–Crippen LogP) is 4.49. The second-order valence-electron chi connectivity index (χ2n) is 6.85. The molecular formula is C18H14F6N4O2. The molecule has 4 rings (SSSR count). The van der Waals surface area contributed by atoms with E-state index in [9.17, 15) is 26.3 Å². The smallest absolute Gasteiger partial charge is 0.428 e. The van der Waals surface area contributed by atoms with Crippen LogP contribution in [0.3, 0.4) is 0 Å². The quantitative estimate of drug-likeness (QED) is 0.556. The number of pyridine rings is 2. The molecule has 3 heterocycles. The molecule has 30 heavy (non-hydrogen) atoms. The summed E-state index contributed by atoms with van der Waals surface area (Å²) >= 11 is 0. The molecule has 0 amide bonds. The lowest BCUT2D eigenvalue weighted by Gasteiger charge is -2.42. The Morgan fingerprint density at radius 2 is 1.80 bits per heavy atom. The Bertz CT molecular complexity index is 1090. The summed E-state index contributed by atoms with van der Waals surface area (Å²) in [6.07, 6.45) is -6.29. The number of nitrogens with zero attached hydrogens (tertiary/aromatic N) is 4. The van der Waals surface area contributed by atoms with Gasteiger partial charge in [-0.25, -0.2) is 9.37 Å². The fourth-order valence-electron chi connectivity index (χ4n) is 3.14. The molecule has 0 spiro atoms. The van der Waals surface area contributed by atoms with Crippen LogP contribution in [0.4, 0.5) is 26.3 Å². The highest BCUT2D eigenvalue weighted by Gasteiger charge is 2.61. The summed E-state index contributed by atoms with van der Waals surface area (Å²) in [6.45, 7) is 0. The molecule has 0 aromatic carbocycles. The number of aromatic nitrogens is 4. The van der Waals surface area contributed by atoms with Crippen LogP contribution in [0, 0.1) is 5.82 Å². The second-order valence-corrected chi connectivity index (χ2v) is 6.85. The number of hydrogen-bond donors (Lipinski definition) is 0. The van der Waals surface area contributed by atoms with Crippen LogP contribution in [-0.4, -0.2) is 38.5 Å². The summed E-state index contributed by atoms with van der Waals surface area (Å²) in [7, 11) is 0.804. The lowest BCUT2D eigenvalue weighted by Crippen LogP contribution is -2.55. The number of halogens is 6. The van der Waals surface area contributed by atoms with Gasteiger partial charge < -0.3 is 9.47 Å². The van der Waals surface area contributed by atoms with E-state index in [1.165, 1.54) is 18.3 Å². The van der Waals surface area contributed by atoms with Gasteiger partial charge >= 0.3 is 12.3 Å². The number of ether oxygens (including phenoxy) is 2. The van der Waals surface area contributed by atoms with Crippen molar-refractivity contribution in [2.24, 2.45) is 0 Å². The largest absolute Gasteiger partial charge is 0.459 e. The Balaban J connectivity index is 1.68. The third-order valence-corrected chi connectivity index (χ3v) is 5.03. The van der Waals surface area contributed by atoms with Gasteiger partial charge in [0.05, 0.1) is 0 Å². The SMILES string of the molecule is COC(F)(F)c1nnc2ccc(-c3cnc(OC4(C(F)(F)F)CCC4)c(F)c3)cn12. The predicted molar refractivity (Wildman–Crippen MR) is 90.3 cm³/mol. The van der Waals surface area contributed by atoms with E-state index in [4.69, 9.17) is 4.74 Å². The lowest BCUT2D eigenvalue weighted by molar-refractivity contribution is -0.275. The monoisotopic (exact) mass is 432 g/mol. The Labute approximate surface area is 165 Å². The zero-order chi connectivity index (χ0) is 21.7. The van der Waals surface area contributed by atoms with Crippen molar-refractivity contribution in [3.8, 4) is 17.0 Å². The van der Waals surface area contributed by atoms with Crippen molar-refractivity contribution in [2.75, 3.05) is 7.11 Å². The molecule has 0 bridgehead atoms. The number of methoxy groups -OCH3 is 1. The molecule has 1 saturated carbocycles. The summed E-state index contributed by atoms with van der Waals surface area (Å²) in [5, 5.41) is 7.02. The van der Waals surface area contributed by atoms with Crippen LogP contribution in [0.5, 0.6) is 5.88 Å². The van der Waals surface area contributed by atoms with Crippen molar-refractivity contribution in [2.45, 2.75) is 37.1 Å². The van der Waals surface area contributed by atoms with Crippen LogP contribution in [0.1, 0.15) is 25.1 Å². The first-order valence-corrected chi connectivity index (χ1v) is 8.76. The first kappa shape index (κ1) is 20.4. The summed E-state index contributed by atoms with van der Waals surface area (Å²) in [4.78, 5) is 3.68. The zero-order valence-corrected chi connectivity index (χ0v) is 15.4. The fraction of sp³-hybridized carbons (Fsp3) is 0.389. The first-order chi connectivity index (χ1) is 14.1. The van der Waals surface area contributed by atoms with E-state index >= 15 is 0 Å². The van der Waals surface area contributed by atoms with E-state index in [1.54, 1.807) is 0 Å². The summed E-state index contributed by atoms with van der Waals surface area (Å²) in [6, 6.07) is 3.75. The number of alkyl halides is 5. The summed E-state index contributed by atoms with van der Waals surface area (Å²) in [5.74, 6) is -2.66. The van der Waals surface area contributed by atoms with Crippen molar-refractivity contribution in [1.29, 1.82) is 0 Å².